The Morgan fingerprint density at radius 1 is 0.912 bits per heavy atom. The predicted octanol–water partition coefficient (Wildman–Crippen LogP) is 2.56. The second-order valence-corrected chi connectivity index (χ2v) is 10.9. The van der Waals surface area contributed by atoms with Crippen LogP contribution in [0, 0.1) is 6.92 Å². The Bertz CT molecular complexity index is 1070. The van der Waals surface area contributed by atoms with Crippen LogP contribution in [0.2, 0.25) is 0 Å². The Morgan fingerprint density at radius 3 is 2.26 bits per heavy atom. The fourth-order valence-corrected chi connectivity index (χ4v) is 5.86. The summed E-state index contributed by atoms with van der Waals surface area (Å²) in [4.78, 5) is 17.6. The molecule has 2 aromatic carbocycles. The first kappa shape index (κ1) is 24.7. The third-order valence-electron chi connectivity index (χ3n) is 6.59. The number of carbonyl (C=O) groups excluding carboxylic acids is 1. The number of hydrogen-bond donors (Lipinski definition) is 1. The van der Waals surface area contributed by atoms with Crippen molar-refractivity contribution in [3.63, 3.8) is 0 Å². The molecule has 9 heteroatoms. The van der Waals surface area contributed by atoms with Crippen molar-refractivity contribution in [1.29, 1.82) is 0 Å². The zero-order valence-corrected chi connectivity index (χ0v) is 20.8. The molecule has 0 bridgehead atoms. The van der Waals surface area contributed by atoms with Crippen LogP contribution in [-0.2, 0) is 19.6 Å². The summed E-state index contributed by atoms with van der Waals surface area (Å²) in [7, 11) is -3.54. The van der Waals surface area contributed by atoms with Crippen molar-refractivity contribution in [2.75, 3.05) is 62.7 Å². The molecule has 0 aliphatic carbocycles. The summed E-state index contributed by atoms with van der Waals surface area (Å²) in [5, 5.41) is 3.01. The van der Waals surface area contributed by atoms with Crippen LogP contribution in [0.3, 0.4) is 0 Å². The first-order valence-corrected chi connectivity index (χ1v) is 13.3. The lowest BCUT2D eigenvalue weighted by Gasteiger charge is -2.29. The Morgan fingerprint density at radius 2 is 1.59 bits per heavy atom. The molecule has 2 heterocycles. The third kappa shape index (κ3) is 5.78. The highest BCUT2D eigenvalue weighted by Gasteiger charge is 2.30. The molecule has 2 saturated heterocycles. The number of carbonyl (C=O) groups is 1. The van der Waals surface area contributed by atoms with Gasteiger partial charge in [0, 0.05) is 50.6 Å². The Balaban J connectivity index is 1.33. The van der Waals surface area contributed by atoms with Gasteiger partial charge in [-0.1, -0.05) is 17.7 Å². The molecule has 184 valence electrons. The Labute approximate surface area is 202 Å². The smallest absolute Gasteiger partial charge is 0.243 e. The number of anilines is 2. The lowest BCUT2D eigenvalue weighted by molar-refractivity contribution is -0.120. The maximum atomic E-state index is 13.1. The van der Waals surface area contributed by atoms with E-state index in [4.69, 9.17) is 4.74 Å². The molecule has 2 aromatic rings. The van der Waals surface area contributed by atoms with Gasteiger partial charge >= 0.3 is 0 Å². The van der Waals surface area contributed by atoms with Gasteiger partial charge in [-0.15, -0.1) is 0 Å². The van der Waals surface area contributed by atoms with E-state index in [1.54, 1.807) is 12.1 Å². The summed E-state index contributed by atoms with van der Waals surface area (Å²) in [5.41, 5.74) is 2.90. The van der Waals surface area contributed by atoms with Gasteiger partial charge in [-0.3, -0.25) is 9.69 Å². The molecule has 0 spiro atoms. The fourth-order valence-electron chi connectivity index (χ4n) is 4.39. The van der Waals surface area contributed by atoms with E-state index in [0.717, 1.165) is 43.2 Å². The highest BCUT2D eigenvalue weighted by molar-refractivity contribution is 7.89. The van der Waals surface area contributed by atoms with Crippen LogP contribution < -0.4 is 10.2 Å². The molecule has 0 aromatic heterocycles. The van der Waals surface area contributed by atoms with E-state index < -0.39 is 10.0 Å². The van der Waals surface area contributed by atoms with Crippen LogP contribution in [0.1, 0.15) is 18.9 Å². The number of ether oxygens (including phenoxy) is 1. The molecule has 4 rings (SSSR count). The maximum absolute atomic E-state index is 13.1. The molecular formula is C25H34N4O4S. The molecule has 2 fully saturated rings. The number of amides is 1. The fraction of sp³-hybridized carbons (Fsp3) is 0.480. The second-order valence-electron chi connectivity index (χ2n) is 8.92. The minimum Gasteiger partial charge on any atom is -0.378 e. The lowest BCUT2D eigenvalue weighted by atomic mass is 10.2. The van der Waals surface area contributed by atoms with Gasteiger partial charge in [0.1, 0.15) is 0 Å². The number of hydrogen-bond acceptors (Lipinski definition) is 6. The van der Waals surface area contributed by atoms with Crippen LogP contribution in [0.4, 0.5) is 11.4 Å². The maximum Gasteiger partial charge on any atom is 0.243 e. The molecule has 2 aliphatic rings. The zero-order chi connectivity index (χ0) is 24.1. The normalized spacial score (nSPS) is 19.4. The first-order valence-electron chi connectivity index (χ1n) is 11.9. The molecule has 34 heavy (non-hydrogen) atoms. The van der Waals surface area contributed by atoms with Gasteiger partial charge in [-0.25, -0.2) is 8.42 Å². The standard InChI is InChI=1S/C25H34N4O4S/c1-20-4-10-24(11-5-20)34(31,32)29-13-3-12-27(14-15-29)21(2)25(30)26-22-6-8-23(9-7-22)28-16-18-33-19-17-28/h4-11,21H,3,12-19H2,1-2H3,(H,26,30)/t21-/m1/s1. The van der Waals surface area contributed by atoms with Gasteiger partial charge in [-0.05, 0) is 56.7 Å². The third-order valence-corrected chi connectivity index (χ3v) is 8.50. The van der Waals surface area contributed by atoms with Crippen molar-refractivity contribution in [2.24, 2.45) is 0 Å². The van der Waals surface area contributed by atoms with E-state index in [0.29, 0.717) is 37.5 Å². The quantitative estimate of drug-likeness (QED) is 0.676. The number of sulfonamides is 1. The van der Waals surface area contributed by atoms with Crippen LogP contribution in [0.15, 0.2) is 53.4 Å². The van der Waals surface area contributed by atoms with Crippen molar-refractivity contribution >= 4 is 27.3 Å². The largest absolute Gasteiger partial charge is 0.378 e. The van der Waals surface area contributed by atoms with Crippen molar-refractivity contribution in [1.82, 2.24) is 9.21 Å². The summed E-state index contributed by atoms with van der Waals surface area (Å²) < 4.78 is 33.1. The molecule has 0 saturated carbocycles. The van der Waals surface area contributed by atoms with Gasteiger partial charge in [0.05, 0.1) is 24.2 Å². The minimum absolute atomic E-state index is 0.0889. The van der Waals surface area contributed by atoms with Crippen LogP contribution in [0.25, 0.3) is 0 Å². The molecule has 0 radical (unpaired) electrons. The van der Waals surface area contributed by atoms with Gasteiger partial charge in [0.15, 0.2) is 0 Å². The van der Waals surface area contributed by atoms with E-state index in [2.05, 4.69) is 15.1 Å². The summed E-state index contributed by atoms with van der Waals surface area (Å²) in [6.07, 6.45) is 0.678. The highest BCUT2D eigenvalue weighted by atomic mass is 32.2. The predicted molar refractivity (Wildman–Crippen MR) is 134 cm³/mol. The number of nitrogens with one attached hydrogen (secondary N) is 1. The molecule has 1 N–H and O–H groups in total. The van der Waals surface area contributed by atoms with Crippen molar-refractivity contribution in [2.45, 2.75) is 31.2 Å². The summed E-state index contributed by atoms with van der Waals surface area (Å²) >= 11 is 0. The van der Waals surface area contributed by atoms with Crippen LogP contribution in [0.5, 0.6) is 0 Å². The van der Waals surface area contributed by atoms with E-state index in [9.17, 15) is 13.2 Å². The summed E-state index contributed by atoms with van der Waals surface area (Å²) in [6, 6.07) is 14.5. The van der Waals surface area contributed by atoms with E-state index in [1.807, 2.05) is 50.2 Å². The first-order chi connectivity index (χ1) is 16.3. The van der Waals surface area contributed by atoms with E-state index >= 15 is 0 Å². The second kappa shape index (κ2) is 10.9. The van der Waals surface area contributed by atoms with Crippen LogP contribution >= 0.6 is 0 Å². The zero-order valence-electron chi connectivity index (χ0n) is 19.9. The number of benzene rings is 2. The monoisotopic (exact) mass is 486 g/mol. The van der Waals surface area contributed by atoms with Gasteiger partial charge < -0.3 is 15.0 Å². The number of rotatable bonds is 6. The lowest BCUT2D eigenvalue weighted by Crippen LogP contribution is -2.44. The molecule has 0 unspecified atom stereocenters. The van der Waals surface area contributed by atoms with Gasteiger partial charge in [-0.2, -0.15) is 4.31 Å². The SMILES string of the molecule is Cc1ccc(S(=O)(=O)N2CCCN([C@H](C)C(=O)Nc3ccc(N4CCOCC4)cc3)CC2)cc1. The number of aryl methyl sites for hydroxylation is 1. The molecular weight excluding hydrogens is 452 g/mol. The summed E-state index contributed by atoms with van der Waals surface area (Å²) in [6.45, 7) is 9.01. The van der Waals surface area contributed by atoms with Crippen molar-refractivity contribution < 1.29 is 17.9 Å². The van der Waals surface area contributed by atoms with E-state index in [-0.39, 0.29) is 11.9 Å². The van der Waals surface area contributed by atoms with Crippen molar-refractivity contribution in [3.05, 3.63) is 54.1 Å². The number of nitrogens with zero attached hydrogens (tertiary/aromatic N) is 3. The molecule has 1 atom stereocenters. The molecule has 8 nitrogen and oxygen atoms in total. The topological polar surface area (TPSA) is 82.2 Å². The highest BCUT2D eigenvalue weighted by Crippen LogP contribution is 2.21. The summed E-state index contributed by atoms with van der Waals surface area (Å²) in [5.74, 6) is -0.0889. The average Bonchev–Trinajstić information content (AvgIpc) is 3.12. The Hall–Kier alpha value is -2.46. The average molecular weight is 487 g/mol. The van der Waals surface area contributed by atoms with Gasteiger partial charge in [0.25, 0.3) is 0 Å². The minimum atomic E-state index is -3.54. The molecule has 2 aliphatic heterocycles. The van der Waals surface area contributed by atoms with E-state index in [1.165, 1.54) is 4.31 Å². The number of morpholine rings is 1. The van der Waals surface area contributed by atoms with Crippen molar-refractivity contribution in [3.8, 4) is 0 Å². The van der Waals surface area contributed by atoms with Gasteiger partial charge in [0.2, 0.25) is 15.9 Å². The van der Waals surface area contributed by atoms with Crippen LogP contribution in [-0.4, -0.2) is 82.1 Å². The molecule has 1 amide bonds. The Kier molecular flexibility index (Phi) is 7.88.